The predicted octanol–water partition coefficient (Wildman–Crippen LogP) is 2.64. The van der Waals surface area contributed by atoms with Crippen LogP contribution in [0.15, 0.2) is 0 Å². The van der Waals surface area contributed by atoms with Crippen molar-refractivity contribution in [1.29, 1.82) is 0 Å². The van der Waals surface area contributed by atoms with Crippen LogP contribution in [0.5, 0.6) is 0 Å². The van der Waals surface area contributed by atoms with E-state index in [2.05, 4.69) is 6.92 Å². The third-order valence-corrected chi connectivity index (χ3v) is 1.39. The lowest BCUT2D eigenvalue weighted by Crippen LogP contribution is -1.90. The summed E-state index contributed by atoms with van der Waals surface area (Å²) in [5, 5.41) is 7.91. The zero-order valence-corrected chi connectivity index (χ0v) is 8.58. The molecule has 0 radical (unpaired) electrons. The highest BCUT2D eigenvalue weighted by molar-refractivity contribution is 5.66. The second kappa shape index (κ2) is 13.7. The summed E-state index contributed by atoms with van der Waals surface area (Å²) >= 11 is 0. The normalized spacial score (nSPS) is 8.46. The third-order valence-electron chi connectivity index (χ3n) is 1.39. The maximum Gasteiger partial charge on any atom is 0.303 e. The first kappa shape index (κ1) is 14.7. The SMILES string of the molecule is CCCC(=O)O.CCCCCC=O. The molecule has 0 aromatic rings. The molecule has 3 heteroatoms. The van der Waals surface area contributed by atoms with E-state index in [-0.39, 0.29) is 0 Å². The number of hydrogen-bond acceptors (Lipinski definition) is 2. The van der Waals surface area contributed by atoms with Crippen LogP contribution in [-0.2, 0) is 9.59 Å². The first-order valence-corrected chi connectivity index (χ1v) is 4.84. The summed E-state index contributed by atoms with van der Waals surface area (Å²) in [6.07, 6.45) is 6.21. The Balaban J connectivity index is 0. The molecule has 0 unspecified atom stereocenters. The maximum absolute atomic E-state index is 9.68. The van der Waals surface area contributed by atoms with Crippen LogP contribution in [0.1, 0.15) is 52.4 Å². The minimum atomic E-state index is -0.711. The number of carbonyl (C=O) groups excluding carboxylic acids is 1. The fourth-order valence-electron chi connectivity index (χ4n) is 0.692. The van der Waals surface area contributed by atoms with Crippen molar-refractivity contribution in [3.8, 4) is 0 Å². The average molecular weight is 188 g/mol. The monoisotopic (exact) mass is 188 g/mol. The van der Waals surface area contributed by atoms with Crippen LogP contribution < -0.4 is 0 Å². The Hall–Kier alpha value is -0.860. The zero-order valence-electron chi connectivity index (χ0n) is 8.58. The molecule has 13 heavy (non-hydrogen) atoms. The van der Waals surface area contributed by atoms with Gasteiger partial charge in [-0.05, 0) is 12.8 Å². The standard InChI is InChI=1S/C6H12O.C4H8O2/c1-2-3-4-5-6-7;1-2-3-4(5)6/h6H,2-5H2,1H3;2-3H2,1H3,(H,5,6). The summed E-state index contributed by atoms with van der Waals surface area (Å²) in [5.41, 5.74) is 0. The smallest absolute Gasteiger partial charge is 0.303 e. The third kappa shape index (κ3) is 24.7. The highest BCUT2D eigenvalue weighted by Crippen LogP contribution is 1.94. The molecule has 0 aromatic heterocycles. The Labute approximate surface area is 80.1 Å². The second-order valence-corrected chi connectivity index (χ2v) is 2.81. The summed E-state index contributed by atoms with van der Waals surface area (Å²) in [7, 11) is 0. The van der Waals surface area contributed by atoms with Crippen LogP contribution in [0.25, 0.3) is 0 Å². The van der Waals surface area contributed by atoms with Crippen molar-refractivity contribution in [3.63, 3.8) is 0 Å². The van der Waals surface area contributed by atoms with Gasteiger partial charge in [-0.2, -0.15) is 0 Å². The van der Waals surface area contributed by atoms with E-state index in [0.29, 0.717) is 6.42 Å². The van der Waals surface area contributed by atoms with E-state index in [0.717, 1.165) is 25.5 Å². The molecule has 0 fully saturated rings. The molecule has 3 nitrogen and oxygen atoms in total. The summed E-state index contributed by atoms with van der Waals surface area (Å²) < 4.78 is 0. The number of aldehydes is 1. The van der Waals surface area contributed by atoms with Crippen molar-refractivity contribution in [2.45, 2.75) is 52.4 Å². The molecule has 0 amide bonds. The van der Waals surface area contributed by atoms with Gasteiger partial charge in [0, 0.05) is 12.8 Å². The summed E-state index contributed by atoms with van der Waals surface area (Å²) in [6, 6.07) is 0. The van der Waals surface area contributed by atoms with Crippen molar-refractivity contribution in [2.24, 2.45) is 0 Å². The number of carbonyl (C=O) groups is 2. The number of hydrogen-bond donors (Lipinski definition) is 1. The van der Waals surface area contributed by atoms with Gasteiger partial charge in [-0.3, -0.25) is 4.79 Å². The van der Waals surface area contributed by atoms with Gasteiger partial charge in [0.05, 0.1) is 0 Å². The van der Waals surface area contributed by atoms with Gasteiger partial charge in [0.15, 0.2) is 0 Å². The Kier molecular flexibility index (Phi) is 15.5. The van der Waals surface area contributed by atoms with Gasteiger partial charge in [0.2, 0.25) is 0 Å². The Morgan fingerprint density at radius 2 is 1.85 bits per heavy atom. The molecule has 0 saturated heterocycles. The van der Waals surface area contributed by atoms with Crippen LogP contribution >= 0.6 is 0 Å². The highest BCUT2D eigenvalue weighted by Gasteiger charge is 1.87. The molecule has 0 saturated carbocycles. The van der Waals surface area contributed by atoms with Crippen molar-refractivity contribution >= 4 is 12.3 Å². The van der Waals surface area contributed by atoms with Crippen molar-refractivity contribution < 1.29 is 14.7 Å². The lowest BCUT2D eigenvalue weighted by atomic mass is 10.2. The topological polar surface area (TPSA) is 54.4 Å². The minimum absolute atomic E-state index is 0.292. The quantitative estimate of drug-likeness (QED) is 0.515. The van der Waals surface area contributed by atoms with E-state index in [9.17, 15) is 9.59 Å². The van der Waals surface area contributed by atoms with Crippen molar-refractivity contribution in [1.82, 2.24) is 0 Å². The molecule has 0 aromatic carbocycles. The van der Waals surface area contributed by atoms with Gasteiger partial charge in [0.25, 0.3) is 0 Å². The fraction of sp³-hybridized carbons (Fsp3) is 0.800. The van der Waals surface area contributed by atoms with E-state index >= 15 is 0 Å². The number of unbranched alkanes of at least 4 members (excludes halogenated alkanes) is 3. The molecule has 0 aliphatic heterocycles. The van der Waals surface area contributed by atoms with Crippen molar-refractivity contribution in [2.75, 3.05) is 0 Å². The number of carboxylic acids is 1. The Bertz CT molecular complexity index is 121. The summed E-state index contributed by atoms with van der Waals surface area (Å²) in [6.45, 7) is 3.97. The van der Waals surface area contributed by atoms with Crippen LogP contribution in [0.4, 0.5) is 0 Å². The molecular weight excluding hydrogens is 168 g/mol. The van der Waals surface area contributed by atoms with Crippen molar-refractivity contribution in [3.05, 3.63) is 0 Å². The number of carboxylic acid groups (broad SMARTS) is 1. The second-order valence-electron chi connectivity index (χ2n) is 2.81. The molecule has 0 heterocycles. The van der Waals surface area contributed by atoms with Crippen LogP contribution in [0, 0.1) is 0 Å². The molecule has 0 aliphatic rings. The predicted molar refractivity (Wildman–Crippen MR) is 52.7 cm³/mol. The molecule has 0 aliphatic carbocycles. The molecule has 78 valence electrons. The number of rotatable bonds is 6. The lowest BCUT2D eigenvalue weighted by Gasteiger charge is -1.85. The Morgan fingerprint density at radius 1 is 1.23 bits per heavy atom. The van der Waals surface area contributed by atoms with Gasteiger partial charge >= 0.3 is 5.97 Å². The maximum atomic E-state index is 9.68. The zero-order chi connectivity index (χ0) is 10.5. The fourth-order valence-corrected chi connectivity index (χ4v) is 0.692. The van der Waals surface area contributed by atoms with E-state index in [4.69, 9.17) is 5.11 Å². The van der Waals surface area contributed by atoms with E-state index in [1.807, 2.05) is 6.92 Å². The first-order valence-electron chi connectivity index (χ1n) is 4.84. The first-order chi connectivity index (χ1) is 6.18. The largest absolute Gasteiger partial charge is 0.481 e. The van der Waals surface area contributed by atoms with Crippen LogP contribution in [0.2, 0.25) is 0 Å². The van der Waals surface area contributed by atoms with Gasteiger partial charge in [-0.15, -0.1) is 0 Å². The van der Waals surface area contributed by atoms with Gasteiger partial charge in [-0.25, -0.2) is 0 Å². The van der Waals surface area contributed by atoms with E-state index in [1.54, 1.807) is 0 Å². The average Bonchev–Trinajstić information content (AvgIpc) is 2.06. The van der Waals surface area contributed by atoms with Crippen LogP contribution in [0.3, 0.4) is 0 Å². The molecule has 0 rings (SSSR count). The minimum Gasteiger partial charge on any atom is -0.481 e. The molecule has 0 spiro atoms. The highest BCUT2D eigenvalue weighted by atomic mass is 16.4. The summed E-state index contributed by atoms with van der Waals surface area (Å²) in [4.78, 5) is 19.3. The van der Waals surface area contributed by atoms with E-state index < -0.39 is 5.97 Å². The van der Waals surface area contributed by atoms with Crippen LogP contribution in [-0.4, -0.2) is 17.4 Å². The molecule has 0 atom stereocenters. The van der Waals surface area contributed by atoms with E-state index in [1.165, 1.54) is 12.8 Å². The Morgan fingerprint density at radius 3 is 2.08 bits per heavy atom. The van der Waals surface area contributed by atoms with Gasteiger partial charge in [0.1, 0.15) is 6.29 Å². The number of aliphatic carboxylic acids is 1. The molecule has 1 N–H and O–H groups in total. The van der Waals surface area contributed by atoms with Gasteiger partial charge < -0.3 is 9.90 Å². The lowest BCUT2D eigenvalue weighted by molar-refractivity contribution is -0.137. The summed E-state index contributed by atoms with van der Waals surface area (Å²) in [5.74, 6) is -0.711. The molecule has 0 bridgehead atoms. The van der Waals surface area contributed by atoms with Gasteiger partial charge in [-0.1, -0.05) is 26.7 Å². The molecular formula is C10H20O3.